The van der Waals surface area contributed by atoms with E-state index < -0.39 is 0 Å². The molecule has 7 rings (SSSR count). The Morgan fingerprint density at radius 1 is 0.517 bits per heavy atom. The number of phenolic OH excluding ortho intramolecular Hbond substituents is 1. The van der Waals surface area contributed by atoms with Gasteiger partial charge in [0.1, 0.15) is 40.1 Å². The van der Waals surface area contributed by atoms with E-state index in [1.54, 1.807) is 39.5 Å². The second kappa shape index (κ2) is 17.6. The number of fused-ring (bicyclic) bond motifs is 2. The van der Waals surface area contributed by atoms with E-state index in [1.165, 1.54) is 0 Å². The van der Waals surface area contributed by atoms with Crippen LogP contribution in [0.3, 0.4) is 0 Å². The van der Waals surface area contributed by atoms with Crippen LogP contribution in [-0.2, 0) is 0 Å². The Morgan fingerprint density at radius 2 is 1.14 bits per heavy atom. The van der Waals surface area contributed by atoms with Gasteiger partial charge in [-0.05, 0) is 121 Å². The third kappa shape index (κ3) is 8.71. The lowest BCUT2D eigenvalue weighted by Gasteiger charge is -2.10. The summed E-state index contributed by atoms with van der Waals surface area (Å²) in [6.07, 6.45) is 0.924. The first-order valence-corrected chi connectivity index (χ1v) is 18.7. The summed E-state index contributed by atoms with van der Waals surface area (Å²) in [5, 5.41) is 45.0. The highest BCUT2D eigenvalue weighted by Crippen LogP contribution is 2.42. The van der Waals surface area contributed by atoms with Crippen molar-refractivity contribution in [2.45, 2.75) is 27.2 Å². The van der Waals surface area contributed by atoms with Gasteiger partial charge in [-0.15, -0.1) is 15.3 Å². The molecule has 12 heteroatoms. The molecule has 7 aromatic rings. The summed E-state index contributed by atoms with van der Waals surface area (Å²) >= 11 is 0. The molecule has 0 atom stereocenters. The topological polar surface area (TPSA) is 143 Å². The summed E-state index contributed by atoms with van der Waals surface area (Å²) in [7, 11) is 4.76. The van der Waals surface area contributed by atoms with Gasteiger partial charge in [0.25, 0.3) is 0 Å². The number of methoxy groups -OCH3 is 3. The van der Waals surface area contributed by atoms with Crippen LogP contribution in [0.4, 0.5) is 45.5 Å². The molecule has 0 spiro atoms. The average molecular weight is 774 g/mol. The van der Waals surface area contributed by atoms with E-state index in [0.717, 1.165) is 56.6 Å². The quantitative estimate of drug-likeness (QED) is 0.105. The Bertz CT molecular complexity index is 2690. The zero-order valence-electron chi connectivity index (χ0n) is 33.1. The van der Waals surface area contributed by atoms with Crippen molar-refractivity contribution in [1.82, 2.24) is 0 Å². The molecule has 58 heavy (non-hydrogen) atoms. The van der Waals surface area contributed by atoms with Crippen molar-refractivity contribution in [3.05, 3.63) is 126 Å². The number of aromatic hydroxyl groups is 1. The minimum absolute atomic E-state index is 0.0234. The van der Waals surface area contributed by atoms with E-state index in [-0.39, 0.29) is 5.75 Å². The number of phenols is 1. The lowest BCUT2D eigenvalue weighted by Crippen LogP contribution is -1.95. The van der Waals surface area contributed by atoms with Crippen LogP contribution < -0.4 is 24.3 Å². The molecule has 0 amide bonds. The third-order valence-electron chi connectivity index (χ3n) is 9.44. The minimum Gasteiger partial charge on any atom is -0.505 e. The maximum atomic E-state index is 11.1. The van der Waals surface area contributed by atoms with Crippen LogP contribution in [0.25, 0.3) is 21.5 Å². The number of hydrogen-bond donors (Lipinski definition) is 2. The maximum absolute atomic E-state index is 11.1. The molecule has 0 heterocycles. The van der Waals surface area contributed by atoms with E-state index in [2.05, 4.69) is 42.9 Å². The third-order valence-corrected chi connectivity index (χ3v) is 9.44. The van der Waals surface area contributed by atoms with E-state index in [1.807, 2.05) is 111 Å². The fourth-order valence-electron chi connectivity index (χ4n) is 6.28. The van der Waals surface area contributed by atoms with Gasteiger partial charge in [0.15, 0.2) is 5.75 Å². The number of ether oxygens (including phenoxy) is 4. The Morgan fingerprint density at radius 3 is 1.79 bits per heavy atom. The maximum Gasteiger partial charge on any atom is 0.150 e. The first-order valence-electron chi connectivity index (χ1n) is 18.7. The van der Waals surface area contributed by atoms with Crippen molar-refractivity contribution in [3.8, 4) is 28.7 Å². The molecule has 0 aliphatic carbocycles. The van der Waals surface area contributed by atoms with Gasteiger partial charge in [0.2, 0.25) is 0 Å². The van der Waals surface area contributed by atoms with Crippen molar-refractivity contribution >= 4 is 67.0 Å². The van der Waals surface area contributed by atoms with Crippen molar-refractivity contribution in [2.75, 3.05) is 33.3 Å². The Kier molecular flexibility index (Phi) is 11.8. The fourth-order valence-corrected chi connectivity index (χ4v) is 6.28. The second-order valence-corrected chi connectivity index (χ2v) is 13.5. The van der Waals surface area contributed by atoms with Gasteiger partial charge in [-0.1, -0.05) is 31.2 Å². The Labute approximate surface area is 336 Å². The fraction of sp³-hybridized carbons (Fsp3) is 0.174. The van der Waals surface area contributed by atoms with Crippen LogP contribution in [0.5, 0.6) is 28.7 Å². The molecule has 0 aliphatic heterocycles. The number of azo groups is 3. The van der Waals surface area contributed by atoms with Crippen molar-refractivity contribution in [2.24, 2.45) is 30.7 Å². The summed E-state index contributed by atoms with van der Waals surface area (Å²) in [5.41, 5.74) is 6.67. The molecule has 12 nitrogen and oxygen atoms in total. The summed E-state index contributed by atoms with van der Waals surface area (Å²) in [4.78, 5) is 0. The van der Waals surface area contributed by atoms with Gasteiger partial charge in [0, 0.05) is 34.3 Å². The van der Waals surface area contributed by atoms with Crippen LogP contribution >= 0.6 is 0 Å². The monoisotopic (exact) mass is 773 g/mol. The minimum atomic E-state index is 0.0234. The summed E-state index contributed by atoms with van der Waals surface area (Å²) in [6, 6.07) is 36.1. The predicted molar refractivity (Wildman–Crippen MR) is 230 cm³/mol. The summed E-state index contributed by atoms with van der Waals surface area (Å²) < 4.78 is 22.5. The molecule has 0 bridgehead atoms. The van der Waals surface area contributed by atoms with Crippen LogP contribution in [0, 0.1) is 13.8 Å². The predicted octanol–water partition coefficient (Wildman–Crippen LogP) is 14.1. The smallest absolute Gasteiger partial charge is 0.150 e. The Hall–Kier alpha value is -7.34. The highest BCUT2D eigenvalue weighted by molar-refractivity contribution is 5.95. The molecule has 0 aliphatic rings. The highest BCUT2D eigenvalue weighted by Gasteiger charge is 2.13. The molecule has 0 saturated heterocycles. The molecule has 7 aromatic carbocycles. The number of anilines is 2. The molecule has 0 saturated carbocycles. The van der Waals surface area contributed by atoms with Gasteiger partial charge < -0.3 is 29.4 Å². The average Bonchev–Trinajstić information content (AvgIpc) is 3.24. The van der Waals surface area contributed by atoms with Gasteiger partial charge in [-0.25, -0.2) is 0 Å². The number of aryl methyl sites for hydroxylation is 2. The number of nitrogens with zero attached hydrogens (tertiary/aromatic N) is 6. The van der Waals surface area contributed by atoms with Crippen molar-refractivity contribution in [3.63, 3.8) is 0 Å². The van der Waals surface area contributed by atoms with Gasteiger partial charge >= 0.3 is 0 Å². The lowest BCUT2D eigenvalue weighted by atomic mass is 10.1. The lowest BCUT2D eigenvalue weighted by molar-refractivity contribution is 0.321. The van der Waals surface area contributed by atoms with Crippen LogP contribution in [-0.4, -0.2) is 33.0 Å². The molecule has 0 radical (unpaired) electrons. The molecule has 292 valence electrons. The van der Waals surface area contributed by atoms with Gasteiger partial charge in [0.05, 0.1) is 45.0 Å². The normalized spacial score (nSPS) is 11.6. The zero-order valence-corrected chi connectivity index (χ0v) is 33.1. The number of rotatable bonds is 14. The number of hydrogen-bond acceptors (Lipinski definition) is 12. The van der Waals surface area contributed by atoms with E-state index >= 15 is 0 Å². The van der Waals surface area contributed by atoms with E-state index in [9.17, 15) is 5.11 Å². The molecular weight excluding hydrogens is 731 g/mol. The zero-order chi connectivity index (χ0) is 40.6. The largest absolute Gasteiger partial charge is 0.505 e. The van der Waals surface area contributed by atoms with Gasteiger partial charge in [-0.2, -0.15) is 15.3 Å². The number of nitrogens with one attached hydrogen (secondary N) is 1. The van der Waals surface area contributed by atoms with Crippen molar-refractivity contribution < 1.29 is 24.1 Å². The van der Waals surface area contributed by atoms with Crippen molar-refractivity contribution in [1.29, 1.82) is 0 Å². The van der Waals surface area contributed by atoms with Crippen LogP contribution in [0.2, 0.25) is 0 Å². The SMILES string of the molecule is CCCOc1cccc2ccc(N=Nc3cc(OC)c(N=Nc4cc(OC)c(N=Nc5ccc6cc(Nc7ccc(OC)cc7)ccc6c5O)cc4C)cc3C)cc12. The van der Waals surface area contributed by atoms with E-state index in [4.69, 9.17) is 18.9 Å². The second-order valence-electron chi connectivity index (χ2n) is 13.5. The molecular formula is C46H43N7O5. The van der Waals surface area contributed by atoms with Crippen LogP contribution in [0.15, 0.2) is 146 Å². The highest BCUT2D eigenvalue weighted by atomic mass is 16.5. The van der Waals surface area contributed by atoms with E-state index in [0.29, 0.717) is 57.6 Å². The molecule has 2 N–H and O–H groups in total. The standard InChI is InChI=1S/C46H43N7O5/c1-7-21-58-43-10-8-9-30-11-13-34(25-37(30)43)48-50-39-26-44(56-5)42(22-28(39)2)53-51-40-27-45(57-6)41(23-29(40)3)52-49-38-20-12-31-24-33(16-19-36(31)46(38)54)47-32-14-17-35(55-4)18-15-32/h8-20,22-27,47,54H,7,21H2,1-6H3. The van der Waals surface area contributed by atoms with Gasteiger partial charge in [-0.3, -0.25) is 0 Å². The summed E-state index contributed by atoms with van der Waals surface area (Å²) in [5.74, 6) is 2.56. The first-order chi connectivity index (χ1) is 28.3. The number of benzene rings is 7. The van der Waals surface area contributed by atoms with Crippen LogP contribution in [0.1, 0.15) is 24.5 Å². The molecule has 0 unspecified atom stereocenters. The molecule has 0 fully saturated rings. The first kappa shape index (κ1) is 38.9. The summed E-state index contributed by atoms with van der Waals surface area (Å²) in [6.45, 7) is 6.56. The molecule has 0 aromatic heterocycles. The Balaban J connectivity index is 1.07.